The van der Waals surface area contributed by atoms with Crippen LogP contribution < -0.4 is 5.73 Å². The summed E-state index contributed by atoms with van der Waals surface area (Å²) >= 11 is 1.57. The summed E-state index contributed by atoms with van der Waals surface area (Å²) in [5.74, 6) is 0.500. The van der Waals surface area contributed by atoms with Crippen molar-refractivity contribution in [2.24, 2.45) is 10.7 Å². The summed E-state index contributed by atoms with van der Waals surface area (Å²) in [6.07, 6.45) is 1.06. The first-order valence-electron chi connectivity index (χ1n) is 10.5. The van der Waals surface area contributed by atoms with Crippen molar-refractivity contribution >= 4 is 28.8 Å². The van der Waals surface area contributed by atoms with Crippen LogP contribution in [0.1, 0.15) is 48.2 Å². The fourth-order valence-electron chi connectivity index (χ4n) is 3.56. The van der Waals surface area contributed by atoms with E-state index < -0.39 is 0 Å². The van der Waals surface area contributed by atoms with Gasteiger partial charge in [-0.1, -0.05) is 54.2 Å². The van der Waals surface area contributed by atoms with Crippen molar-refractivity contribution < 1.29 is 14.3 Å². The number of carbonyl (C=O) groups is 2. The Kier molecular flexibility index (Phi) is 7.74. The van der Waals surface area contributed by atoms with Gasteiger partial charge in [-0.3, -0.25) is 14.6 Å². The largest absolute Gasteiger partial charge is 0.466 e. The molecule has 0 spiro atoms. The molecule has 1 unspecified atom stereocenters. The van der Waals surface area contributed by atoms with Gasteiger partial charge in [0, 0.05) is 24.4 Å². The molecule has 1 atom stereocenters. The molecule has 1 heterocycles. The van der Waals surface area contributed by atoms with Crippen molar-refractivity contribution in [3.05, 3.63) is 71.3 Å². The molecule has 7 heteroatoms. The van der Waals surface area contributed by atoms with E-state index in [4.69, 9.17) is 10.5 Å². The molecule has 1 aliphatic rings. The highest BCUT2D eigenvalue weighted by Gasteiger charge is 2.29. The molecule has 1 amide bonds. The SMILES string of the molecule is CCOC(=O)CCN(Cc1ccccc1)C(=O)c1ccc(C2(C)CCSC(N)=N2)cc1. The quantitative estimate of drug-likeness (QED) is 0.630. The summed E-state index contributed by atoms with van der Waals surface area (Å²) in [6, 6.07) is 17.3. The van der Waals surface area contributed by atoms with Crippen LogP contribution in [0.2, 0.25) is 0 Å². The van der Waals surface area contributed by atoms with Gasteiger partial charge in [0.25, 0.3) is 5.91 Å². The fourth-order valence-corrected chi connectivity index (χ4v) is 4.54. The Labute approximate surface area is 187 Å². The number of amidine groups is 1. The first-order chi connectivity index (χ1) is 14.9. The van der Waals surface area contributed by atoms with Crippen molar-refractivity contribution in [1.82, 2.24) is 4.90 Å². The van der Waals surface area contributed by atoms with Gasteiger partial charge < -0.3 is 15.4 Å². The summed E-state index contributed by atoms with van der Waals surface area (Å²) in [4.78, 5) is 31.4. The van der Waals surface area contributed by atoms with E-state index in [-0.39, 0.29) is 23.8 Å². The third-order valence-electron chi connectivity index (χ3n) is 5.34. The smallest absolute Gasteiger partial charge is 0.307 e. The maximum absolute atomic E-state index is 13.3. The predicted octanol–water partition coefficient (Wildman–Crippen LogP) is 3.95. The first-order valence-corrected chi connectivity index (χ1v) is 11.5. The molecule has 2 N–H and O–H groups in total. The van der Waals surface area contributed by atoms with Crippen LogP contribution in [-0.4, -0.2) is 40.8 Å². The zero-order valence-electron chi connectivity index (χ0n) is 18.0. The lowest BCUT2D eigenvalue weighted by Gasteiger charge is -2.30. The Morgan fingerprint density at radius 2 is 1.87 bits per heavy atom. The number of hydrogen-bond acceptors (Lipinski definition) is 6. The zero-order valence-corrected chi connectivity index (χ0v) is 18.9. The average molecular weight is 440 g/mol. The minimum atomic E-state index is -0.370. The number of hydrogen-bond donors (Lipinski definition) is 1. The molecule has 1 aliphatic heterocycles. The normalized spacial score (nSPS) is 18.2. The molecule has 0 saturated carbocycles. The van der Waals surface area contributed by atoms with E-state index >= 15 is 0 Å². The fraction of sp³-hybridized carbons (Fsp3) is 0.375. The Morgan fingerprint density at radius 1 is 1.16 bits per heavy atom. The topological polar surface area (TPSA) is 85.0 Å². The van der Waals surface area contributed by atoms with E-state index in [9.17, 15) is 9.59 Å². The molecule has 0 fully saturated rings. The van der Waals surface area contributed by atoms with Crippen molar-refractivity contribution in [3.63, 3.8) is 0 Å². The Balaban J connectivity index is 1.77. The number of rotatable bonds is 8. The van der Waals surface area contributed by atoms with Gasteiger partial charge in [-0.15, -0.1) is 0 Å². The van der Waals surface area contributed by atoms with Crippen LogP contribution >= 0.6 is 11.8 Å². The first kappa shape index (κ1) is 22.9. The van der Waals surface area contributed by atoms with E-state index in [1.54, 1.807) is 23.6 Å². The molecule has 0 aromatic heterocycles. The number of carbonyl (C=O) groups excluding carboxylic acids is 2. The maximum atomic E-state index is 13.3. The van der Waals surface area contributed by atoms with Crippen molar-refractivity contribution in [3.8, 4) is 0 Å². The van der Waals surface area contributed by atoms with Gasteiger partial charge in [-0.05, 0) is 43.5 Å². The molecule has 164 valence electrons. The second-order valence-electron chi connectivity index (χ2n) is 7.67. The van der Waals surface area contributed by atoms with E-state index in [1.807, 2.05) is 54.6 Å². The zero-order chi connectivity index (χ0) is 22.3. The number of aliphatic imine (C=N–C) groups is 1. The van der Waals surface area contributed by atoms with E-state index in [0.717, 1.165) is 23.3 Å². The Bertz CT molecular complexity index is 931. The highest BCUT2D eigenvalue weighted by Crippen LogP contribution is 2.35. The molecule has 0 bridgehead atoms. The van der Waals surface area contributed by atoms with Crippen molar-refractivity contribution in [2.45, 2.75) is 38.8 Å². The third-order valence-corrected chi connectivity index (χ3v) is 6.14. The summed E-state index contributed by atoms with van der Waals surface area (Å²) in [5.41, 5.74) is 8.18. The highest BCUT2D eigenvalue weighted by molar-refractivity contribution is 8.13. The molecule has 6 nitrogen and oxygen atoms in total. The van der Waals surface area contributed by atoms with Crippen molar-refractivity contribution in [2.75, 3.05) is 18.9 Å². The molecular weight excluding hydrogens is 410 g/mol. The molecule has 0 radical (unpaired) electrons. The molecule has 2 aromatic carbocycles. The van der Waals surface area contributed by atoms with Crippen LogP contribution in [0.15, 0.2) is 59.6 Å². The van der Waals surface area contributed by atoms with Crippen molar-refractivity contribution in [1.29, 1.82) is 0 Å². The van der Waals surface area contributed by atoms with Gasteiger partial charge in [0.1, 0.15) is 0 Å². The number of nitrogens with zero attached hydrogens (tertiary/aromatic N) is 2. The highest BCUT2D eigenvalue weighted by atomic mass is 32.2. The van der Waals surface area contributed by atoms with E-state index in [2.05, 4.69) is 11.9 Å². The van der Waals surface area contributed by atoms with E-state index in [1.165, 1.54) is 0 Å². The lowest BCUT2D eigenvalue weighted by atomic mass is 9.89. The minimum Gasteiger partial charge on any atom is -0.466 e. The molecule has 31 heavy (non-hydrogen) atoms. The van der Waals surface area contributed by atoms with E-state index in [0.29, 0.717) is 30.4 Å². The number of esters is 1. The summed E-state index contributed by atoms with van der Waals surface area (Å²) in [7, 11) is 0. The van der Waals surface area contributed by atoms with Gasteiger partial charge in [-0.25, -0.2) is 0 Å². The summed E-state index contributed by atoms with van der Waals surface area (Å²) in [5, 5.41) is 0.599. The van der Waals surface area contributed by atoms with Crippen LogP contribution in [0.5, 0.6) is 0 Å². The van der Waals surface area contributed by atoms with Crippen LogP contribution in [0.4, 0.5) is 0 Å². The van der Waals surface area contributed by atoms with Gasteiger partial charge in [0.15, 0.2) is 5.17 Å². The molecule has 0 aliphatic carbocycles. The lowest BCUT2D eigenvalue weighted by molar-refractivity contribution is -0.143. The molecule has 2 aromatic rings. The van der Waals surface area contributed by atoms with Gasteiger partial charge in [0.2, 0.25) is 0 Å². The van der Waals surface area contributed by atoms with Crippen LogP contribution in [0.3, 0.4) is 0 Å². The molecule has 3 rings (SSSR count). The number of ether oxygens (including phenoxy) is 1. The second kappa shape index (κ2) is 10.5. The number of nitrogens with two attached hydrogens (primary N) is 1. The van der Waals surface area contributed by atoms with Crippen LogP contribution in [0.25, 0.3) is 0 Å². The number of thioether (sulfide) groups is 1. The number of amides is 1. The maximum Gasteiger partial charge on any atom is 0.307 e. The third kappa shape index (κ3) is 6.10. The second-order valence-corrected chi connectivity index (χ2v) is 8.78. The van der Waals surface area contributed by atoms with Crippen LogP contribution in [0, 0.1) is 0 Å². The average Bonchev–Trinajstić information content (AvgIpc) is 2.77. The van der Waals surface area contributed by atoms with Gasteiger partial charge >= 0.3 is 5.97 Å². The van der Waals surface area contributed by atoms with Crippen LogP contribution in [-0.2, 0) is 21.6 Å². The minimum absolute atomic E-state index is 0.118. The van der Waals surface area contributed by atoms with Gasteiger partial charge in [0.05, 0.1) is 18.6 Å². The Hall–Kier alpha value is -2.80. The summed E-state index contributed by atoms with van der Waals surface area (Å²) < 4.78 is 5.03. The standard InChI is InChI=1S/C24H29N3O3S/c1-3-30-21(28)13-15-27(17-18-7-5-4-6-8-18)22(29)19-9-11-20(12-10-19)24(2)14-16-31-23(25)26-24/h4-12H,3,13-17H2,1-2H3,(H2,25,26). The summed E-state index contributed by atoms with van der Waals surface area (Å²) in [6.45, 7) is 4.89. The number of benzene rings is 2. The van der Waals surface area contributed by atoms with Gasteiger partial charge in [-0.2, -0.15) is 0 Å². The monoisotopic (exact) mass is 439 g/mol. The predicted molar refractivity (Wildman–Crippen MR) is 125 cm³/mol. The molecule has 0 saturated heterocycles. The lowest BCUT2D eigenvalue weighted by Crippen LogP contribution is -2.33. The molecular formula is C24H29N3O3S. The Morgan fingerprint density at radius 3 is 2.52 bits per heavy atom.